The van der Waals surface area contributed by atoms with Crippen molar-refractivity contribution in [3.8, 4) is 5.88 Å². The molecular formula is C13H20N4OS. The molecule has 0 atom stereocenters. The first-order chi connectivity index (χ1) is 9.10. The lowest BCUT2D eigenvalue weighted by molar-refractivity contribution is 0.256. The molecule has 0 amide bonds. The Bertz CT molecular complexity index is 553. The SMILES string of the molecule is CCNc1nc(OCCN(C)C)c2cc(C)sc2n1. The summed E-state index contributed by atoms with van der Waals surface area (Å²) in [6.07, 6.45) is 0. The zero-order valence-electron chi connectivity index (χ0n) is 11.9. The summed E-state index contributed by atoms with van der Waals surface area (Å²) in [5.74, 6) is 1.31. The molecule has 5 nitrogen and oxygen atoms in total. The van der Waals surface area contributed by atoms with Gasteiger partial charge >= 0.3 is 0 Å². The second-order valence-electron chi connectivity index (χ2n) is 4.61. The van der Waals surface area contributed by atoms with Crippen LogP contribution in [0.25, 0.3) is 10.2 Å². The van der Waals surface area contributed by atoms with Gasteiger partial charge < -0.3 is 15.0 Å². The predicted octanol–water partition coefficient (Wildman–Crippen LogP) is 2.37. The van der Waals surface area contributed by atoms with E-state index in [0.29, 0.717) is 18.4 Å². The van der Waals surface area contributed by atoms with Gasteiger partial charge in [0.1, 0.15) is 11.4 Å². The first-order valence-corrected chi connectivity index (χ1v) is 7.21. The van der Waals surface area contributed by atoms with Crippen molar-refractivity contribution in [2.75, 3.05) is 39.1 Å². The molecule has 0 spiro atoms. The molecule has 0 saturated carbocycles. The summed E-state index contributed by atoms with van der Waals surface area (Å²) >= 11 is 1.66. The largest absolute Gasteiger partial charge is 0.476 e. The molecule has 2 rings (SSSR count). The van der Waals surface area contributed by atoms with Crippen LogP contribution in [0.4, 0.5) is 5.95 Å². The Labute approximate surface area is 117 Å². The number of anilines is 1. The summed E-state index contributed by atoms with van der Waals surface area (Å²) in [6.45, 7) is 6.39. The molecule has 2 aromatic heterocycles. The maximum absolute atomic E-state index is 5.80. The molecule has 0 saturated heterocycles. The van der Waals surface area contributed by atoms with Gasteiger partial charge in [-0.2, -0.15) is 4.98 Å². The van der Waals surface area contributed by atoms with Crippen molar-refractivity contribution in [1.29, 1.82) is 0 Å². The van der Waals surface area contributed by atoms with E-state index < -0.39 is 0 Å². The lowest BCUT2D eigenvalue weighted by atomic mass is 10.3. The topological polar surface area (TPSA) is 50.3 Å². The summed E-state index contributed by atoms with van der Waals surface area (Å²) in [7, 11) is 4.05. The fourth-order valence-corrected chi connectivity index (χ4v) is 2.56. The van der Waals surface area contributed by atoms with E-state index in [1.807, 2.05) is 21.0 Å². The van der Waals surface area contributed by atoms with E-state index >= 15 is 0 Å². The molecular weight excluding hydrogens is 260 g/mol. The van der Waals surface area contributed by atoms with Crippen molar-refractivity contribution in [1.82, 2.24) is 14.9 Å². The Morgan fingerprint density at radius 1 is 1.37 bits per heavy atom. The van der Waals surface area contributed by atoms with Gasteiger partial charge in [0.15, 0.2) is 0 Å². The minimum atomic E-state index is 0.625. The number of fused-ring (bicyclic) bond motifs is 1. The van der Waals surface area contributed by atoms with Gasteiger partial charge in [-0.1, -0.05) is 0 Å². The molecule has 6 heteroatoms. The molecule has 0 aromatic carbocycles. The highest BCUT2D eigenvalue weighted by molar-refractivity contribution is 7.18. The van der Waals surface area contributed by atoms with Gasteiger partial charge in [0.2, 0.25) is 11.8 Å². The summed E-state index contributed by atoms with van der Waals surface area (Å²) in [5, 5.41) is 4.15. The van der Waals surface area contributed by atoms with E-state index in [9.17, 15) is 0 Å². The van der Waals surface area contributed by atoms with Gasteiger partial charge in [-0.05, 0) is 34.0 Å². The zero-order valence-corrected chi connectivity index (χ0v) is 12.7. The van der Waals surface area contributed by atoms with Gasteiger partial charge in [-0.25, -0.2) is 4.98 Å². The molecule has 0 radical (unpaired) electrons. The number of nitrogens with one attached hydrogen (secondary N) is 1. The fraction of sp³-hybridized carbons (Fsp3) is 0.538. The van der Waals surface area contributed by atoms with Crippen molar-refractivity contribution in [3.63, 3.8) is 0 Å². The Morgan fingerprint density at radius 3 is 2.84 bits per heavy atom. The Balaban J connectivity index is 2.27. The molecule has 19 heavy (non-hydrogen) atoms. The maximum Gasteiger partial charge on any atom is 0.227 e. The quantitative estimate of drug-likeness (QED) is 0.880. The first kappa shape index (κ1) is 14.0. The molecule has 0 aliphatic heterocycles. The molecule has 0 aliphatic rings. The predicted molar refractivity (Wildman–Crippen MR) is 80.4 cm³/mol. The van der Waals surface area contributed by atoms with Crippen LogP contribution >= 0.6 is 11.3 Å². The van der Waals surface area contributed by atoms with E-state index in [-0.39, 0.29) is 0 Å². The lowest BCUT2D eigenvalue weighted by Gasteiger charge is -2.11. The monoisotopic (exact) mass is 280 g/mol. The van der Waals surface area contributed by atoms with Crippen LogP contribution in [0.5, 0.6) is 5.88 Å². The summed E-state index contributed by atoms with van der Waals surface area (Å²) in [5.41, 5.74) is 0. The van der Waals surface area contributed by atoms with E-state index in [0.717, 1.165) is 23.3 Å². The number of nitrogens with zero attached hydrogens (tertiary/aromatic N) is 3. The van der Waals surface area contributed by atoms with Crippen molar-refractivity contribution < 1.29 is 4.74 Å². The van der Waals surface area contributed by atoms with E-state index in [1.165, 1.54) is 4.88 Å². The molecule has 0 aliphatic carbocycles. The van der Waals surface area contributed by atoms with Gasteiger partial charge in [-0.3, -0.25) is 0 Å². The molecule has 1 N–H and O–H groups in total. The van der Waals surface area contributed by atoms with E-state index in [1.54, 1.807) is 11.3 Å². The number of rotatable bonds is 6. The fourth-order valence-electron chi connectivity index (χ4n) is 1.69. The van der Waals surface area contributed by atoms with Crippen LogP contribution in [0.2, 0.25) is 0 Å². The Morgan fingerprint density at radius 2 is 2.16 bits per heavy atom. The third kappa shape index (κ3) is 3.54. The summed E-state index contributed by atoms with van der Waals surface area (Å²) in [4.78, 5) is 13.2. The highest BCUT2D eigenvalue weighted by Crippen LogP contribution is 2.30. The highest BCUT2D eigenvalue weighted by Gasteiger charge is 2.11. The molecule has 2 aromatic rings. The second-order valence-corrected chi connectivity index (χ2v) is 5.85. The van der Waals surface area contributed by atoms with Gasteiger partial charge in [0.05, 0.1) is 5.39 Å². The number of thiophene rings is 1. The van der Waals surface area contributed by atoms with Crippen LogP contribution in [0.15, 0.2) is 6.07 Å². The summed E-state index contributed by atoms with van der Waals surface area (Å²) < 4.78 is 5.80. The van der Waals surface area contributed by atoms with Crippen molar-refractivity contribution >= 4 is 27.5 Å². The van der Waals surface area contributed by atoms with Crippen LogP contribution < -0.4 is 10.1 Å². The van der Waals surface area contributed by atoms with Gasteiger partial charge in [0, 0.05) is 18.0 Å². The number of aromatic nitrogens is 2. The molecule has 0 bridgehead atoms. The van der Waals surface area contributed by atoms with Crippen molar-refractivity contribution in [2.24, 2.45) is 0 Å². The molecule has 0 unspecified atom stereocenters. The minimum Gasteiger partial charge on any atom is -0.476 e. The number of ether oxygens (including phenoxy) is 1. The van der Waals surface area contributed by atoms with Gasteiger partial charge in [0.25, 0.3) is 0 Å². The van der Waals surface area contributed by atoms with Crippen LogP contribution in [0, 0.1) is 6.92 Å². The molecule has 2 heterocycles. The molecule has 0 fully saturated rings. The van der Waals surface area contributed by atoms with Crippen molar-refractivity contribution in [2.45, 2.75) is 13.8 Å². The minimum absolute atomic E-state index is 0.625. The lowest BCUT2D eigenvalue weighted by Crippen LogP contribution is -2.20. The average molecular weight is 280 g/mol. The first-order valence-electron chi connectivity index (χ1n) is 6.39. The smallest absolute Gasteiger partial charge is 0.227 e. The van der Waals surface area contributed by atoms with Gasteiger partial charge in [-0.15, -0.1) is 11.3 Å². The highest BCUT2D eigenvalue weighted by atomic mass is 32.1. The number of hydrogen-bond acceptors (Lipinski definition) is 6. The third-order valence-electron chi connectivity index (χ3n) is 2.59. The third-order valence-corrected chi connectivity index (χ3v) is 3.54. The van der Waals surface area contributed by atoms with Crippen LogP contribution in [0.1, 0.15) is 11.8 Å². The normalized spacial score (nSPS) is 11.2. The maximum atomic E-state index is 5.80. The Hall–Kier alpha value is -1.40. The summed E-state index contributed by atoms with van der Waals surface area (Å²) in [6, 6.07) is 2.08. The number of likely N-dealkylation sites (N-methyl/N-ethyl adjacent to an activating group) is 1. The standard InChI is InChI=1S/C13H20N4OS/c1-5-14-13-15-11(18-7-6-17(3)4)10-8-9(2)19-12(10)16-13/h8H,5-7H2,1-4H3,(H,14,15,16). The van der Waals surface area contributed by atoms with Crippen LogP contribution in [0.3, 0.4) is 0 Å². The van der Waals surface area contributed by atoms with Crippen LogP contribution in [-0.4, -0.2) is 48.7 Å². The zero-order chi connectivity index (χ0) is 13.8. The van der Waals surface area contributed by atoms with Crippen LogP contribution in [-0.2, 0) is 0 Å². The second kappa shape index (κ2) is 6.16. The molecule has 104 valence electrons. The average Bonchev–Trinajstić information content (AvgIpc) is 2.69. The Kier molecular flexibility index (Phi) is 4.55. The number of aryl methyl sites for hydroxylation is 1. The number of hydrogen-bond donors (Lipinski definition) is 1. The van der Waals surface area contributed by atoms with Crippen molar-refractivity contribution in [3.05, 3.63) is 10.9 Å². The van der Waals surface area contributed by atoms with E-state index in [4.69, 9.17) is 4.74 Å². The van der Waals surface area contributed by atoms with E-state index in [2.05, 4.69) is 33.2 Å².